The second-order valence-electron chi connectivity index (χ2n) is 4.52. The van der Waals surface area contributed by atoms with Crippen molar-refractivity contribution in [1.29, 1.82) is 0 Å². The molecule has 1 atom stereocenters. The van der Waals surface area contributed by atoms with Gasteiger partial charge in [0.15, 0.2) is 5.50 Å². The van der Waals surface area contributed by atoms with Crippen molar-refractivity contribution >= 4 is 17.5 Å². The van der Waals surface area contributed by atoms with E-state index in [2.05, 4.69) is 45.4 Å². The number of hydrogen-bond acceptors (Lipinski definition) is 5. The van der Waals surface area contributed by atoms with E-state index in [9.17, 15) is 0 Å². The van der Waals surface area contributed by atoms with Crippen LogP contribution in [-0.2, 0) is 0 Å². The molecule has 3 rings (SSSR count). The van der Waals surface area contributed by atoms with Crippen LogP contribution in [0.4, 0.5) is 0 Å². The molecule has 1 aromatic rings. The second-order valence-corrected chi connectivity index (χ2v) is 5.50. The van der Waals surface area contributed by atoms with E-state index in [1.54, 1.807) is 11.8 Å². The summed E-state index contributed by atoms with van der Waals surface area (Å²) < 4.78 is 0. The number of hydrogen-bond donors (Lipinski definition) is 3. The number of pyridine rings is 1. The summed E-state index contributed by atoms with van der Waals surface area (Å²) in [7, 11) is 0. The minimum atomic E-state index is 0.161. The third-order valence-corrected chi connectivity index (χ3v) is 3.86. The van der Waals surface area contributed by atoms with Gasteiger partial charge >= 0.3 is 0 Å². The lowest BCUT2D eigenvalue weighted by Crippen LogP contribution is -2.40. The summed E-state index contributed by atoms with van der Waals surface area (Å²) in [5, 5.41) is 12.4. The summed E-state index contributed by atoms with van der Waals surface area (Å²) in [5.74, 6) is 1.06. The van der Waals surface area contributed by atoms with Crippen LogP contribution in [0.5, 0.6) is 0 Å². The highest BCUT2D eigenvalue weighted by Crippen LogP contribution is 2.26. The number of dihydropyridines is 1. The zero-order valence-electron chi connectivity index (χ0n) is 10.7. The maximum Gasteiger partial charge on any atom is 0.150 e. The van der Waals surface area contributed by atoms with E-state index >= 15 is 0 Å². The maximum absolute atomic E-state index is 4.03. The van der Waals surface area contributed by atoms with Gasteiger partial charge in [0, 0.05) is 24.5 Å². The van der Waals surface area contributed by atoms with Gasteiger partial charge in [0.05, 0.1) is 5.70 Å². The van der Waals surface area contributed by atoms with Crippen LogP contribution < -0.4 is 16.0 Å². The van der Waals surface area contributed by atoms with E-state index < -0.39 is 0 Å². The molecule has 2 aliphatic rings. The van der Waals surface area contributed by atoms with E-state index in [1.807, 2.05) is 24.5 Å². The van der Waals surface area contributed by atoms with Crippen molar-refractivity contribution in [2.75, 3.05) is 6.54 Å². The van der Waals surface area contributed by atoms with Gasteiger partial charge in [-0.05, 0) is 30.5 Å². The molecule has 0 aromatic carbocycles. The Kier molecular flexibility index (Phi) is 3.46. The Morgan fingerprint density at radius 3 is 2.89 bits per heavy atom. The molecule has 0 spiro atoms. The number of allylic oxidation sites excluding steroid dienone is 2. The van der Waals surface area contributed by atoms with Crippen LogP contribution >= 0.6 is 11.8 Å². The maximum atomic E-state index is 4.03. The molecule has 3 heterocycles. The molecule has 2 aliphatic heterocycles. The van der Waals surface area contributed by atoms with Gasteiger partial charge in [0.2, 0.25) is 0 Å². The third-order valence-electron chi connectivity index (χ3n) is 2.98. The molecule has 1 aromatic heterocycles. The van der Waals surface area contributed by atoms with Gasteiger partial charge in [-0.25, -0.2) is 0 Å². The Bertz CT molecular complexity index is 548. The smallest absolute Gasteiger partial charge is 0.150 e. The molecule has 0 bridgehead atoms. The van der Waals surface area contributed by atoms with Gasteiger partial charge in [0.25, 0.3) is 0 Å². The van der Waals surface area contributed by atoms with Crippen molar-refractivity contribution in [2.24, 2.45) is 0 Å². The standard InChI is InChI=1S/C14H16N4S/c1-10-2-3-13(16-8-10)18-14-17-12(9-19-14)11-4-6-15-7-5-11/h2-7,9,14,16-18H,8H2,1H3. The van der Waals surface area contributed by atoms with Crippen LogP contribution in [0.1, 0.15) is 12.5 Å². The summed E-state index contributed by atoms with van der Waals surface area (Å²) in [6.45, 7) is 3.02. The van der Waals surface area contributed by atoms with Crippen LogP contribution in [0.15, 0.2) is 53.5 Å². The van der Waals surface area contributed by atoms with Gasteiger partial charge in [0.1, 0.15) is 5.82 Å². The van der Waals surface area contributed by atoms with Gasteiger partial charge in [-0.2, -0.15) is 0 Å². The number of aromatic nitrogens is 1. The van der Waals surface area contributed by atoms with Gasteiger partial charge in [-0.15, -0.1) is 0 Å². The largest absolute Gasteiger partial charge is 0.368 e. The predicted molar refractivity (Wildman–Crippen MR) is 79.7 cm³/mol. The van der Waals surface area contributed by atoms with Crippen LogP contribution in [0, 0.1) is 0 Å². The molecule has 0 aliphatic carbocycles. The molecular formula is C14H16N4S. The molecule has 19 heavy (non-hydrogen) atoms. The highest BCUT2D eigenvalue weighted by Gasteiger charge is 2.18. The average Bonchev–Trinajstić information content (AvgIpc) is 2.91. The molecular weight excluding hydrogens is 256 g/mol. The van der Waals surface area contributed by atoms with Gasteiger partial charge < -0.3 is 16.0 Å². The number of nitrogens with one attached hydrogen (secondary N) is 3. The van der Waals surface area contributed by atoms with Crippen molar-refractivity contribution < 1.29 is 0 Å². The van der Waals surface area contributed by atoms with Crippen molar-refractivity contribution in [3.8, 4) is 0 Å². The van der Waals surface area contributed by atoms with E-state index in [1.165, 1.54) is 5.57 Å². The highest BCUT2D eigenvalue weighted by atomic mass is 32.2. The zero-order valence-corrected chi connectivity index (χ0v) is 11.5. The number of nitrogens with zero attached hydrogens (tertiary/aromatic N) is 1. The van der Waals surface area contributed by atoms with Crippen molar-refractivity contribution in [3.63, 3.8) is 0 Å². The van der Waals surface area contributed by atoms with Crippen molar-refractivity contribution in [3.05, 3.63) is 59.0 Å². The summed E-state index contributed by atoms with van der Waals surface area (Å²) in [6.07, 6.45) is 7.82. The Balaban J connectivity index is 1.60. The summed E-state index contributed by atoms with van der Waals surface area (Å²) in [6, 6.07) is 4.01. The molecule has 0 saturated heterocycles. The fourth-order valence-electron chi connectivity index (χ4n) is 1.92. The van der Waals surface area contributed by atoms with Gasteiger partial charge in [-0.3, -0.25) is 4.98 Å². The first-order valence-electron chi connectivity index (χ1n) is 6.22. The Hall–Kier alpha value is -1.88. The Labute approximate surface area is 117 Å². The number of thioether (sulfide) groups is 1. The van der Waals surface area contributed by atoms with E-state index in [-0.39, 0.29) is 5.50 Å². The Morgan fingerprint density at radius 1 is 1.32 bits per heavy atom. The minimum Gasteiger partial charge on any atom is -0.368 e. The molecule has 0 saturated carbocycles. The van der Waals surface area contributed by atoms with E-state index in [0.717, 1.165) is 23.6 Å². The minimum absolute atomic E-state index is 0.161. The molecule has 1 unspecified atom stereocenters. The average molecular weight is 272 g/mol. The lowest BCUT2D eigenvalue weighted by molar-refractivity contribution is 0.642. The molecule has 0 amide bonds. The quantitative estimate of drug-likeness (QED) is 0.785. The van der Waals surface area contributed by atoms with Crippen LogP contribution in [0.3, 0.4) is 0 Å². The summed E-state index contributed by atoms with van der Waals surface area (Å²) >= 11 is 1.73. The SMILES string of the molecule is CC1=CC=C(NC2NC(c3ccncc3)=CS2)NC1. The van der Waals surface area contributed by atoms with Crippen LogP contribution in [-0.4, -0.2) is 17.0 Å². The molecule has 4 nitrogen and oxygen atoms in total. The van der Waals surface area contributed by atoms with Crippen LogP contribution in [0.25, 0.3) is 5.70 Å². The first-order valence-corrected chi connectivity index (χ1v) is 7.16. The fraction of sp³-hybridized carbons (Fsp3) is 0.214. The van der Waals surface area contributed by atoms with Gasteiger partial charge in [-0.1, -0.05) is 23.4 Å². The third kappa shape index (κ3) is 2.93. The van der Waals surface area contributed by atoms with Crippen molar-refractivity contribution in [2.45, 2.75) is 12.4 Å². The molecule has 5 heteroatoms. The van der Waals surface area contributed by atoms with E-state index in [4.69, 9.17) is 0 Å². The Morgan fingerprint density at radius 2 is 2.16 bits per heavy atom. The van der Waals surface area contributed by atoms with Crippen LogP contribution in [0.2, 0.25) is 0 Å². The zero-order chi connectivity index (χ0) is 13.1. The monoisotopic (exact) mass is 272 g/mol. The molecule has 98 valence electrons. The highest BCUT2D eigenvalue weighted by molar-refractivity contribution is 8.03. The first-order chi connectivity index (χ1) is 9.31. The fourth-order valence-corrected chi connectivity index (χ4v) is 2.78. The van der Waals surface area contributed by atoms with Crippen molar-refractivity contribution in [1.82, 2.24) is 20.9 Å². The summed E-state index contributed by atoms with van der Waals surface area (Å²) in [4.78, 5) is 4.03. The lowest BCUT2D eigenvalue weighted by Gasteiger charge is -2.21. The van der Waals surface area contributed by atoms with E-state index in [0.29, 0.717) is 0 Å². The molecule has 0 radical (unpaired) electrons. The lowest BCUT2D eigenvalue weighted by atomic mass is 10.2. The number of rotatable bonds is 3. The molecule has 3 N–H and O–H groups in total. The molecule has 0 fully saturated rings. The summed E-state index contributed by atoms with van der Waals surface area (Å²) in [5.41, 5.74) is 3.79. The predicted octanol–water partition coefficient (Wildman–Crippen LogP) is 1.98. The second kappa shape index (κ2) is 5.40. The normalized spacial score (nSPS) is 21.7. The first kappa shape index (κ1) is 12.2. The topological polar surface area (TPSA) is 49.0 Å².